The largest absolute Gasteiger partial charge is 0.445 e. The van der Waals surface area contributed by atoms with Gasteiger partial charge in [-0.3, -0.25) is 33.6 Å². The number of allylic oxidation sites excluding steroid dienone is 4. The smallest absolute Gasteiger partial charge is 0.409 e. The SMILES string of the molecule is CCCC1O[C@@H]2C[C@H]3[C@@H]4C[C@H](F)C5=CC(=O)C=C[C@]5(C)[C@@]4(F)[C@@H](O)C[C@]3(C)[C@]2(C(=O)COC(=O)NCCN(C)C(=O)OCc2ccc(NC(=O)[C@H](CCCNC(N)=O)NC(=O)[C@@H](NC(=O)CCOCCOCCOCCOCCNC(=O)CCC(=O)N3Cc4ccccc4/C=C\c4ccccc43)C(C)C)cc2)O1. The van der Waals surface area contributed by atoms with Crippen LogP contribution in [-0.2, 0) is 84.6 Å². The number of alkyl carbamates (subject to hydrolysis) is 1. The molecule has 3 aromatic rings. The Morgan fingerprint density at radius 1 is 0.750 bits per heavy atom. The van der Waals surface area contributed by atoms with Crippen LogP contribution in [0.1, 0.15) is 121 Å². The number of amides is 9. The highest BCUT2D eigenvalue weighted by molar-refractivity contribution is 6.02. The molecule has 0 spiro atoms. The molecular weight excluding hydrogens is 1400 g/mol. The third-order valence-corrected chi connectivity index (χ3v) is 21.3. The van der Waals surface area contributed by atoms with Gasteiger partial charge in [-0.1, -0.05) is 107 Å². The highest BCUT2D eigenvalue weighted by Crippen LogP contribution is 2.72. The molecule has 30 heteroatoms. The first-order valence-corrected chi connectivity index (χ1v) is 37.1. The number of carbonyl (C=O) groups is 10. The Bertz CT molecular complexity index is 3790. The van der Waals surface area contributed by atoms with Gasteiger partial charge in [0.2, 0.25) is 35.3 Å². The van der Waals surface area contributed by atoms with E-state index in [9.17, 15) is 53.1 Å². The quantitative estimate of drug-likeness (QED) is 0.0272. The number of ketones is 2. The van der Waals surface area contributed by atoms with Crippen molar-refractivity contribution in [2.75, 3.05) is 103 Å². The van der Waals surface area contributed by atoms with Crippen LogP contribution in [0.4, 0.5) is 34.5 Å². The molecule has 0 aromatic heterocycles. The minimum absolute atomic E-state index is 0.0274. The minimum Gasteiger partial charge on any atom is -0.445 e. The molecule has 28 nitrogen and oxygen atoms in total. The Morgan fingerprint density at radius 3 is 2.13 bits per heavy atom. The molecule has 0 radical (unpaired) electrons. The number of nitrogens with one attached hydrogen (secondary N) is 6. The lowest BCUT2D eigenvalue weighted by Crippen LogP contribution is -2.71. The number of aliphatic hydroxyl groups is 1. The summed E-state index contributed by atoms with van der Waals surface area (Å²) < 4.78 is 80.1. The Labute approximate surface area is 627 Å². The summed E-state index contributed by atoms with van der Waals surface area (Å²) in [6, 6.07) is 19.0. The number of rotatable bonds is 38. The molecule has 0 bridgehead atoms. The van der Waals surface area contributed by atoms with Gasteiger partial charge in [-0.15, -0.1) is 0 Å². The number of urea groups is 1. The van der Waals surface area contributed by atoms with Crippen LogP contribution < -0.4 is 42.5 Å². The molecule has 2 aliphatic heterocycles. The second kappa shape index (κ2) is 38.4. The van der Waals surface area contributed by atoms with Crippen LogP contribution in [0.3, 0.4) is 0 Å². The highest BCUT2D eigenvalue weighted by Gasteiger charge is 2.80. The van der Waals surface area contributed by atoms with Gasteiger partial charge in [0.15, 0.2) is 29.9 Å². The number of halogens is 2. The first kappa shape index (κ1) is 83.0. The predicted molar refractivity (Wildman–Crippen MR) is 392 cm³/mol. The van der Waals surface area contributed by atoms with Crippen LogP contribution in [0.5, 0.6) is 0 Å². The molecule has 2 heterocycles. The summed E-state index contributed by atoms with van der Waals surface area (Å²) >= 11 is 0. The van der Waals surface area contributed by atoms with Gasteiger partial charge in [0, 0.05) is 74.9 Å². The summed E-state index contributed by atoms with van der Waals surface area (Å²) in [5, 5.41) is 27.9. The molecule has 108 heavy (non-hydrogen) atoms. The van der Waals surface area contributed by atoms with E-state index in [0.29, 0.717) is 50.5 Å². The maximum absolute atomic E-state index is 17.9. The highest BCUT2D eigenvalue weighted by atomic mass is 19.1. The number of alkyl halides is 2. The van der Waals surface area contributed by atoms with Crippen LogP contribution in [0.2, 0.25) is 0 Å². The molecule has 4 fully saturated rings. The van der Waals surface area contributed by atoms with Crippen LogP contribution in [0, 0.1) is 28.6 Å². The number of hydrogen-bond donors (Lipinski definition) is 8. The average Bonchev–Trinajstić information content (AvgIpc) is 1.43. The topological polar surface area (TPSA) is 369 Å². The lowest BCUT2D eigenvalue weighted by molar-refractivity contribution is -0.234. The van der Waals surface area contributed by atoms with Gasteiger partial charge in [-0.05, 0) is 115 Å². The van der Waals surface area contributed by atoms with E-state index in [4.69, 9.17) is 43.6 Å². The number of primary amides is 1. The number of aliphatic hydroxyl groups excluding tert-OH is 1. The van der Waals surface area contributed by atoms with E-state index in [1.165, 1.54) is 31.0 Å². The molecule has 3 saturated carbocycles. The van der Waals surface area contributed by atoms with Crippen molar-refractivity contribution in [2.45, 2.75) is 160 Å². The van der Waals surface area contributed by atoms with E-state index in [1.54, 1.807) is 49.9 Å². The van der Waals surface area contributed by atoms with E-state index in [2.05, 4.69) is 31.9 Å². The van der Waals surface area contributed by atoms with Crippen LogP contribution in [0.15, 0.2) is 96.6 Å². The van der Waals surface area contributed by atoms with Crippen molar-refractivity contribution in [3.05, 3.63) is 119 Å². The fourth-order valence-electron chi connectivity index (χ4n) is 15.6. The molecule has 9 rings (SSSR count). The monoisotopic (exact) mass is 1510 g/mol. The third-order valence-electron chi connectivity index (χ3n) is 21.3. The number of para-hydroxylation sites is 1. The molecule has 9 amide bonds. The number of anilines is 2. The summed E-state index contributed by atoms with van der Waals surface area (Å²) in [5.74, 6) is -5.43. The van der Waals surface area contributed by atoms with Gasteiger partial charge >= 0.3 is 18.2 Å². The number of Topliss-reactive ketones (excluding diaryl/α,β-unsaturated/α-hetero) is 1. The fourth-order valence-corrected chi connectivity index (χ4v) is 15.6. The molecular formula is C78H103F2N9O19. The molecule has 1 saturated heterocycles. The van der Waals surface area contributed by atoms with Gasteiger partial charge in [0.1, 0.15) is 24.9 Å². The van der Waals surface area contributed by atoms with E-state index in [1.807, 2.05) is 67.6 Å². The van der Waals surface area contributed by atoms with E-state index in [-0.39, 0.29) is 135 Å². The van der Waals surface area contributed by atoms with E-state index in [0.717, 1.165) is 28.5 Å². The normalized spacial score (nSPS) is 25.1. The third kappa shape index (κ3) is 20.1. The number of ether oxygens (including phenoxy) is 8. The van der Waals surface area contributed by atoms with Crippen molar-refractivity contribution < 1.29 is 99.7 Å². The average molecular weight is 1510 g/mol. The number of hydrogen-bond acceptors (Lipinski definition) is 19. The first-order valence-electron chi connectivity index (χ1n) is 37.1. The molecule has 1 unspecified atom stereocenters. The Balaban J connectivity index is 0.625. The second-order valence-electron chi connectivity index (χ2n) is 28.8. The summed E-state index contributed by atoms with van der Waals surface area (Å²) in [6.45, 7) is 10.1. The molecule has 4 aliphatic carbocycles. The zero-order chi connectivity index (χ0) is 77.8. The van der Waals surface area contributed by atoms with Crippen LogP contribution >= 0.6 is 0 Å². The molecule has 9 N–H and O–H groups in total. The van der Waals surface area contributed by atoms with Crippen molar-refractivity contribution in [1.82, 2.24) is 31.5 Å². The predicted octanol–water partition coefficient (Wildman–Crippen LogP) is 6.84. The lowest BCUT2D eigenvalue weighted by Gasteiger charge is -2.63. The Kier molecular flexibility index (Phi) is 29.5. The fraction of sp³-hybridized carbons (Fsp3) is 0.564. The number of nitrogens with zero attached hydrogens (tertiary/aromatic N) is 2. The molecule has 12 atom stereocenters. The summed E-state index contributed by atoms with van der Waals surface area (Å²) in [7, 11) is 1.44. The van der Waals surface area contributed by atoms with Gasteiger partial charge in [-0.25, -0.2) is 23.2 Å². The standard InChI is InChI=1S/C78H103F2N9O19/c1-7-13-68-107-64-44-56-57-43-59(79)58-42-55(90)27-29-75(58,4)77(57,80)62(91)45-76(56,5)78(64,108-68)63(92)48-105-73(99)84-31-33-88(6)74(100)106-47-50-19-23-54(24-20-50)85-70(96)60(17-12-30-83-72(81)98)86-71(97)69(49(2)3)87-66(94)28-34-101-36-38-103-40-41-104-39-37-102-35-32-82-65(93)25-26-67(95)89-46-53-16-9-8-14-51(53)21-22-52-15-10-11-18-61(52)89/h8-11,14-16,18-24,27,29,42,49,56-57,59-60,62,64,68-69,91H,7,12-13,17,25-26,28,30-41,43-48H2,1-6H3,(H,82,93)(H,84,99)(H,85,96)(H,86,97)(H,87,94)(H3,81,83,98)/b22-21-/t56-,57-,59-,60-,62-,64+,68?,69-,75-,76-,77-,78+/m0/s1. The number of carbonyl (C=O) groups excluding carboxylic acids is 10. The first-order chi connectivity index (χ1) is 51.7. The van der Waals surface area contributed by atoms with Crippen molar-refractivity contribution >= 4 is 82.8 Å². The zero-order valence-corrected chi connectivity index (χ0v) is 62.2. The van der Waals surface area contributed by atoms with Crippen molar-refractivity contribution in [3.8, 4) is 0 Å². The molecule has 6 aliphatic rings. The zero-order valence-electron chi connectivity index (χ0n) is 62.2. The Morgan fingerprint density at radius 2 is 1.43 bits per heavy atom. The van der Waals surface area contributed by atoms with Crippen molar-refractivity contribution in [2.24, 2.45) is 34.3 Å². The number of benzene rings is 3. The van der Waals surface area contributed by atoms with E-state index >= 15 is 8.78 Å². The van der Waals surface area contributed by atoms with Crippen molar-refractivity contribution in [1.29, 1.82) is 0 Å². The van der Waals surface area contributed by atoms with Gasteiger partial charge < -0.3 is 90.4 Å². The lowest BCUT2D eigenvalue weighted by atomic mass is 9.44. The van der Waals surface area contributed by atoms with Gasteiger partial charge in [-0.2, -0.15) is 0 Å². The maximum Gasteiger partial charge on any atom is 0.409 e. The molecule has 3 aromatic carbocycles. The minimum atomic E-state index is -2.40. The number of likely N-dealkylation sites (N-methyl/N-ethyl adjacent to an activating group) is 1. The second-order valence-corrected chi connectivity index (χ2v) is 28.8. The Hall–Kier alpha value is -9.04. The summed E-state index contributed by atoms with van der Waals surface area (Å²) in [6.07, 6.45) is 1.71. The summed E-state index contributed by atoms with van der Waals surface area (Å²) in [4.78, 5) is 134. The van der Waals surface area contributed by atoms with Gasteiger partial charge in [0.25, 0.3) is 0 Å². The maximum atomic E-state index is 17.9. The van der Waals surface area contributed by atoms with Crippen molar-refractivity contribution in [3.63, 3.8) is 0 Å². The van der Waals surface area contributed by atoms with Gasteiger partial charge in [0.05, 0.1) is 77.3 Å². The van der Waals surface area contributed by atoms with Crippen LogP contribution in [0.25, 0.3) is 12.2 Å². The number of fused-ring (bicyclic) bond motifs is 9. The summed E-state index contributed by atoms with van der Waals surface area (Å²) in [5.41, 5.74) is 2.75. The molecule has 588 valence electrons. The van der Waals surface area contributed by atoms with E-state index < -0.39 is 131 Å². The number of nitrogens with two attached hydrogens (primary N) is 1. The van der Waals surface area contributed by atoms with Crippen LogP contribution in [-0.4, -0.2) is 210 Å².